The van der Waals surface area contributed by atoms with Crippen LogP contribution in [0, 0.1) is 5.92 Å². The summed E-state index contributed by atoms with van der Waals surface area (Å²) in [5.41, 5.74) is 5.11. The van der Waals surface area contributed by atoms with E-state index < -0.39 is 9.84 Å². The molecular weight excluding hydrogens is 150 g/mol. The summed E-state index contributed by atoms with van der Waals surface area (Å²) in [6, 6.07) is 0. The van der Waals surface area contributed by atoms with E-state index in [1.807, 2.05) is 13.8 Å². The molecule has 0 saturated heterocycles. The predicted octanol–water partition coefficient (Wildman–Crippen LogP) is 0.0159. The van der Waals surface area contributed by atoms with E-state index in [0.29, 0.717) is 0 Å². The Hall–Kier alpha value is -0.0900. The molecule has 0 rings (SSSR count). The molecule has 0 amide bonds. The van der Waals surface area contributed by atoms with Crippen molar-refractivity contribution < 1.29 is 8.42 Å². The fraction of sp³-hybridized carbons (Fsp3) is 1.00. The van der Waals surface area contributed by atoms with Gasteiger partial charge in [0.1, 0.15) is 0 Å². The molecule has 0 aromatic heterocycles. The van der Waals surface area contributed by atoms with Crippen LogP contribution in [0.15, 0.2) is 0 Å². The van der Waals surface area contributed by atoms with E-state index in [4.69, 9.17) is 5.73 Å². The predicted molar refractivity (Wildman–Crippen MR) is 42.5 cm³/mol. The van der Waals surface area contributed by atoms with Crippen LogP contribution in [0.3, 0.4) is 0 Å². The lowest BCUT2D eigenvalue weighted by Gasteiger charge is -2.03. The topological polar surface area (TPSA) is 60.2 Å². The SMILES string of the molecule is CC(C)CS(=O)(=O)CCN. The molecule has 0 fully saturated rings. The van der Waals surface area contributed by atoms with E-state index in [2.05, 4.69) is 0 Å². The van der Waals surface area contributed by atoms with Gasteiger partial charge in [0.15, 0.2) is 9.84 Å². The average molecular weight is 165 g/mol. The van der Waals surface area contributed by atoms with Crippen LogP contribution >= 0.6 is 0 Å². The Labute approximate surface area is 62.5 Å². The fourth-order valence-corrected chi connectivity index (χ4v) is 2.31. The Balaban J connectivity index is 3.89. The first-order chi connectivity index (χ1) is 4.48. The molecular formula is C6H15NO2S. The Morgan fingerprint density at radius 1 is 1.40 bits per heavy atom. The van der Waals surface area contributed by atoms with Crippen molar-refractivity contribution in [3.8, 4) is 0 Å². The van der Waals surface area contributed by atoms with Crippen molar-refractivity contribution in [3.05, 3.63) is 0 Å². The Morgan fingerprint density at radius 2 is 1.90 bits per heavy atom. The van der Waals surface area contributed by atoms with Gasteiger partial charge >= 0.3 is 0 Å². The number of nitrogens with two attached hydrogens (primary N) is 1. The molecule has 0 aliphatic carbocycles. The van der Waals surface area contributed by atoms with E-state index in [1.165, 1.54) is 0 Å². The Morgan fingerprint density at radius 3 is 2.20 bits per heavy atom. The summed E-state index contributed by atoms with van der Waals surface area (Å²) in [6.07, 6.45) is 0. The molecule has 0 unspecified atom stereocenters. The van der Waals surface area contributed by atoms with Gasteiger partial charge in [0, 0.05) is 6.54 Å². The highest BCUT2D eigenvalue weighted by Gasteiger charge is 2.10. The molecule has 0 aromatic rings. The van der Waals surface area contributed by atoms with Crippen molar-refractivity contribution >= 4 is 9.84 Å². The maximum Gasteiger partial charge on any atom is 0.151 e. The van der Waals surface area contributed by atoms with Gasteiger partial charge in [-0.15, -0.1) is 0 Å². The molecule has 0 aliphatic rings. The molecule has 3 nitrogen and oxygen atoms in total. The normalized spacial score (nSPS) is 12.4. The monoisotopic (exact) mass is 165 g/mol. The van der Waals surface area contributed by atoms with Gasteiger partial charge in [-0.2, -0.15) is 0 Å². The summed E-state index contributed by atoms with van der Waals surface area (Å²) < 4.78 is 21.9. The first kappa shape index (κ1) is 9.91. The molecule has 0 bridgehead atoms. The minimum absolute atomic E-state index is 0.116. The summed E-state index contributed by atoms with van der Waals surface area (Å²) in [6.45, 7) is 4.00. The van der Waals surface area contributed by atoms with Gasteiger partial charge in [-0.25, -0.2) is 8.42 Å². The molecule has 0 saturated carbocycles. The quantitative estimate of drug-likeness (QED) is 0.638. The van der Waals surface area contributed by atoms with Crippen LogP contribution in [0.5, 0.6) is 0 Å². The van der Waals surface area contributed by atoms with Gasteiger partial charge < -0.3 is 5.73 Å². The highest BCUT2D eigenvalue weighted by atomic mass is 32.2. The Kier molecular flexibility index (Phi) is 3.89. The number of rotatable bonds is 4. The zero-order valence-corrected chi connectivity index (χ0v) is 7.32. The zero-order chi connectivity index (χ0) is 8.20. The molecule has 0 atom stereocenters. The molecule has 0 heterocycles. The van der Waals surface area contributed by atoms with Gasteiger partial charge in [0.05, 0.1) is 11.5 Å². The smallest absolute Gasteiger partial charge is 0.151 e. The lowest BCUT2D eigenvalue weighted by Crippen LogP contribution is -2.20. The van der Waals surface area contributed by atoms with Crippen molar-refractivity contribution in [2.75, 3.05) is 18.1 Å². The number of hydrogen-bond acceptors (Lipinski definition) is 3. The van der Waals surface area contributed by atoms with Gasteiger partial charge in [0.2, 0.25) is 0 Å². The van der Waals surface area contributed by atoms with Crippen LogP contribution in [0.4, 0.5) is 0 Å². The van der Waals surface area contributed by atoms with Crippen molar-refractivity contribution in [3.63, 3.8) is 0 Å². The van der Waals surface area contributed by atoms with E-state index in [1.54, 1.807) is 0 Å². The highest BCUT2D eigenvalue weighted by molar-refractivity contribution is 7.91. The molecule has 0 radical (unpaired) electrons. The maximum absolute atomic E-state index is 11.0. The van der Waals surface area contributed by atoms with Crippen LogP contribution in [0.1, 0.15) is 13.8 Å². The molecule has 0 spiro atoms. The summed E-state index contributed by atoms with van der Waals surface area (Å²) >= 11 is 0. The van der Waals surface area contributed by atoms with Crippen molar-refractivity contribution in [2.24, 2.45) is 11.7 Å². The van der Waals surface area contributed by atoms with Gasteiger partial charge in [0.25, 0.3) is 0 Å². The molecule has 0 aromatic carbocycles. The summed E-state index contributed by atoms with van der Waals surface area (Å²) in [4.78, 5) is 0. The molecule has 0 aliphatic heterocycles. The van der Waals surface area contributed by atoms with Crippen LogP contribution in [0.25, 0.3) is 0 Å². The van der Waals surface area contributed by atoms with Crippen molar-refractivity contribution in [1.29, 1.82) is 0 Å². The zero-order valence-electron chi connectivity index (χ0n) is 6.50. The summed E-state index contributed by atoms with van der Waals surface area (Å²) in [5, 5.41) is 0. The van der Waals surface area contributed by atoms with E-state index in [-0.39, 0.29) is 24.0 Å². The Bertz CT molecular complexity index is 172. The average Bonchev–Trinajstić information content (AvgIpc) is 1.59. The molecule has 10 heavy (non-hydrogen) atoms. The van der Waals surface area contributed by atoms with E-state index in [9.17, 15) is 8.42 Å². The van der Waals surface area contributed by atoms with Crippen LogP contribution in [-0.2, 0) is 9.84 Å². The fourth-order valence-electron chi connectivity index (χ4n) is 0.771. The second-order valence-electron chi connectivity index (χ2n) is 2.80. The van der Waals surface area contributed by atoms with E-state index >= 15 is 0 Å². The van der Waals surface area contributed by atoms with Gasteiger partial charge in [-0.1, -0.05) is 13.8 Å². The maximum atomic E-state index is 11.0. The lowest BCUT2D eigenvalue weighted by molar-refractivity contribution is 0.582. The highest BCUT2D eigenvalue weighted by Crippen LogP contribution is 1.98. The summed E-state index contributed by atoms with van der Waals surface area (Å²) in [5.74, 6) is 0.576. The molecule has 62 valence electrons. The number of hydrogen-bond donors (Lipinski definition) is 1. The minimum Gasteiger partial charge on any atom is -0.329 e. The van der Waals surface area contributed by atoms with Crippen molar-refractivity contribution in [2.45, 2.75) is 13.8 Å². The third-order valence-electron chi connectivity index (χ3n) is 1.02. The van der Waals surface area contributed by atoms with Gasteiger partial charge in [-0.3, -0.25) is 0 Å². The van der Waals surface area contributed by atoms with Crippen molar-refractivity contribution in [1.82, 2.24) is 0 Å². The molecule has 4 heteroatoms. The third-order valence-corrected chi connectivity index (χ3v) is 3.05. The van der Waals surface area contributed by atoms with E-state index in [0.717, 1.165) is 0 Å². The largest absolute Gasteiger partial charge is 0.329 e. The second-order valence-corrected chi connectivity index (χ2v) is 5.03. The minimum atomic E-state index is -2.86. The standard InChI is InChI=1S/C6H15NO2S/c1-6(2)5-10(8,9)4-3-7/h6H,3-5,7H2,1-2H3. The van der Waals surface area contributed by atoms with Gasteiger partial charge in [-0.05, 0) is 5.92 Å². The van der Waals surface area contributed by atoms with Crippen LogP contribution < -0.4 is 5.73 Å². The van der Waals surface area contributed by atoms with Crippen LogP contribution in [0.2, 0.25) is 0 Å². The third kappa shape index (κ3) is 4.76. The number of sulfone groups is 1. The first-order valence-corrected chi connectivity index (χ1v) is 5.20. The van der Waals surface area contributed by atoms with Crippen LogP contribution in [-0.4, -0.2) is 26.5 Å². The second kappa shape index (κ2) is 3.93. The first-order valence-electron chi connectivity index (χ1n) is 3.38. The molecule has 2 N–H and O–H groups in total. The lowest BCUT2D eigenvalue weighted by atomic mass is 10.3. The summed E-state index contributed by atoms with van der Waals surface area (Å²) in [7, 11) is -2.86.